The maximum absolute atomic E-state index is 13.0. The molecule has 1 saturated carbocycles. The number of rotatable bonds is 7. The topological polar surface area (TPSA) is 93.6 Å². The van der Waals surface area contributed by atoms with E-state index >= 15 is 0 Å². The summed E-state index contributed by atoms with van der Waals surface area (Å²) in [5.41, 5.74) is 1.67. The summed E-state index contributed by atoms with van der Waals surface area (Å²) < 4.78 is 11.0. The van der Waals surface area contributed by atoms with E-state index in [0.29, 0.717) is 13.0 Å². The normalized spacial score (nSPS) is 21.7. The molecule has 2 fully saturated rings. The van der Waals surface area contributed by atoms with Gasteiger partial charge < -0.3 is 19.7 Å². The summed E-state index contributed by atoms with van der Waals surface area (Å²) in [6, 6.07) is 7.17. The van der Waals surface area contributed by atoms with Crippen LogP contribution in [0.3, 0.4) is 0 Å². The Kier molecular flexibility index (Phi) is 5.71. The third-order valence-electron chi connectivity index (χ3n) is 5.21. The Morgan fingerprint density at radius 3 is 2.72 bits per heavy atom. The minimum absolute atomic E-state index is 0.0723. The third kappa shape index (κ3) is 4.37. The highest BCUT2D eigenvalue weighted by atomic mass is 16.5. The predicted molar refractivity (Wildman–Crippen MR) is 104 cm³/mol. The van der Waals surface area contributed by atoms with Gasteiger partial charge in [-0.2, -0.15) is 0 Å². The first-order valence-electron chi connectivity index (χ1n) is 9.76. The van der Waals surface area contributed by atoms with Crippen molar-refractivity contribution in [2.75, 3.05) is 20.3 Å². The molecule has 0 radical (unpaired) electrons. The number of methoxy groups -OCH3 is 1. The fraction of sp³-hybridized carbons (Fsp3) is 0.429. The van der Waals surface area contributed by atoms with Crippen LogP contribution in [-0.2, 0) is 20.7 Å². The average molecular weight is 396 g/mol. The summed E-state index contributed by atoms with van der Waals surface area (Å²) >= 11 is 0. The Labute approximate surface area is 169 Å². The van der Waals surface area contributed by atoms with Gasteiger partial charge in [0.15, 0.2) is 6.10 Å². The molecule has 0 unspecified atom stereocenters. The molecule has 1 N–H and O–H groups in total. The predicted octanol–water partition coefficient (Wildman–Crippen LogP) is 1.27. The van der Waals surface area contributed by atoms with E-state index in [4.69, 9.17) is 9.47 Å². The molecule has 2 aromatic rings. The second-order valence-corrected chi connectivity index (χ2v) is 7.22. The van der Waals surface area contributed by atoms with E-state index in [1.165, 1.54) is 0 Å². The number of aromatic nitrogens is 2. The van der Waals surface area contributed by atoms with Crippen molar-refractivity contribution in [3.8, 4) is 5.75 Å². The van der Waals surface area contributed by atoms with Crippen LogP contribution in [0.25, 0.3) is 0 Å². The minimum Gasteiger partial charge on any atom is -0.497 e. The van der Waals surface area contributed by atoms with Gasteiger partial charge in [0, 0.05) is 37.6 Å². The first-order chi connectivity index (χ1) is 14.2. The molecule has 1 aromatic heterocycles. The van der Waals surface area contributed by atoms with Gasteiger partial charge in [0.1, 0.15) is 12.4 Å². The second-order valence-electron chi connectivity index (χ2n) is 7.22. The number of hydrogen-bond acceptors (Lipinski definition) is 6. The number of nitrogens with one attached hydrogen (secondary N) is 1. The summed E-state index contributed by atoms with van der Waals surface area (Å²) in [5.74, 6) is 0.421. The monoisotopic (exact) mass is 396 g/mol. The van der Waals surface area contributed by atoms with Crippen LogP contribution < -0.4 is 10.1 Å². The number of carbonyl (C=O) groups is 2. The van der Waals surface area contributed by atoms with Gasteiger partial charge in [0.2, 0.25) is 5.91 Å². The van der Waals surface area contributed by atoms with E-state index in [1.807, 2.05) is 29.2 Å². The first kappa shape index (κ1) is 19.3. The fourth-order valence-corrected chi connectivity index (χ4v) is 3.64. The van der Waals surface area contributed by atoms with E-state index in [0.717, 1.165) is 29.8 Å². The largest absolute Gasteiger partial charge is 0.497 e. The molecule has 8 heteroatoms. The lowest BCUT2D eigenvalue weighted by Gasteiger charge is -2.40. The summed E-state index contributed by atoms with van der Waals surface area (Å²) in [5, 5.41) is 2.92. The fourth-order valence-electron chi connectivity index (χ4n) is 3.64. The molecule has 0 bridgehead atoms. The third-order valence-corrected chi connectivity index (χ3v) is 5.21. The maximum atomic E-state index is 13.0. The van der Waals surface area contributed by atoms with Gasteiger partial charge in [0.25, 0.3) is 5.91 Å². The lowest BCUT2D eigenvalue weighted by atomic mass is 9.96. The van der Waals surface area contributed by atoms with Crippen molar-refractivity contribution in [3.63, 3.8) is 0 Å². The van der Waals surface area contributed by atoms with Crippen molar-refractivity contribution in [1.82, 2.24) is 20.2 Å². The van der Waals surface area contributed by atoms with Crippen LogP contribution in [0.15, 0.2) is 42.9 Å². The van der Waals surface area contributed by atoms with Crippen LogP contribution in [0.4, 0.5) is 0 Å². The standard InChI is InChI=1S/C21H24N4O4/c1-28-17-6-2-14(3-7-17)19-20(29-13-18(26)25(19)16-4-5-16)21(27)24-9-8-15-12-22-10-11-23-15/h2-3,6-7,10-12,16,19-20H,4-5,8-9,13H2,1H3,(H,24,27)/t19-,20+/m1/s1. The number of nitrogens with zero attached hydrogens (tertiary/aromatic N) is 3. The lowest BCUT2D eigenvalue weighted by molar-refractivity contribution is -0.165. The van der Waals surface area contributed by atoms with E-state index < -0.39 is 12.1 Å². The number of ether oxygens (including phenoxy) is 2. The van der Waals surface area contributed by atoms with Crippen LogP contribution in [0.5, 0.6) is 5.75 Å². The molecule has 1 saturated heterocycles. The Morgan fingerprint density at radius 1 is 1.28 bits per heavy atom. The second kappa shape index (κ2) is 8.57. The first-order valence-corrected chi connectivity index (χ1v) is 9.76. The Bertz CT molecular complexity index is 855. The van der Waals surface area contributed by atoms with Crippen molar-refractivity contribution >= 4 is 11.8 Å². The van der Waals surface area contributed by atoms with Gasteiger partial charge in [-0.25, -0.2) is 0 Å². The summed E-state index contributed by atoms with van der Waals surface area (Å²) in [4.78, 5) is 35.6. The molecule has 1 aromatic carbocycles. The van der Waals surface area contributed by atoms with Gasteiger partial charge >= 0.3 is 0 Å². The van der Waals surface area contributed by atoms with Gasteiger partial charge in [-0.05, 0) is 30.5 Å². The molecular weight excluding hydrogens is 372 g/mol. The molecule has 2 heterocycles. The Morgan fingerprint density at radius 2 is 2.07 bits per heavy atom. The number of amides is 2. The molecule has 2 atom stereocenters. The Balaban J connectivity index is 1.50. The molecule has 8 nitrogen and oxygen atoms in total. The van der Waals surface area contributed by atoms with Crippen LogP contribution >= 0.6 is 0 Å². The number of benzene rings is 1. The van der Waals surface area contributed by atoms with Crippen LogP contribution in [0.2, 0.25) is 0 Å². The number of morpholine rings is 1. The van der Waals surface area contributed by atoms with E-state index in [2.05, 4.69) is 15.3 Å². The molecule has 29 heavy (non-hydrogen) atoms. The Hall–Kier alpha value is -3.00. The summed E-state index contributed by atoms with van der Waals surface area (Å²) in [6.07, 6.45) is 6.64. The van der Waals surface area contributed by atoms with Gasteiger partial charge in [0.05, 0.1) is 18.8 Å². The molecule has 152 valence electrons. The van der Waals surface area contributed by atoms with Crippen molar-refractivity contribution in [3.05, 3.63) is 54.1 Å². The molecule has 0 spiro atoms. The van der Waals surface area contributed by atoms with E-state index in [9.17, 15) is 9.59 Å². The van der Waals surface area contributed by atoms with Crippen molar-refractivity contribution < 1.29 is 19.1 Å². The maximum Gasteiger partial charge on any atom is 0.251 e. The van der Waals surface area contributed by atoms with E-state index in [1.54, 1.807) is 25.7 Å². The highest BCUT2D eigenvalue weighted by Crippen LogP contribution is 2.39. The molecular formula is C21H24N4O4. The summed E-state index contributed by atoms with van der Waals surface area (Å²) in [6.45, 7) is 0.343. The van der Waals surface area contributed by atoms with Crippen LogP contribution in [-0.4, -0.2) is 59.1 Å². The van der Waals surface area contributed by atoms with Gasteiger partial charge in [-0.3, -0.25) is 19.6 Å². The van der Waals surface area contributed by atoms with Crippen LogP contribution in [0.1, 0.15) is 30.1 Å². The van der Waals surface area contributed by atoms with E-state index in [-0.39, 0.29) is 24.5 Å². The zero-order valence-corrected chi connectivity index (χ0v) is 16.3. The lowest BCUT2D eigenvalue weighted by Crippen LogP contribution is -2.55. The SMILES string of the molecule is COc1ccc([C@@H]2[C@@H](C(=O)NCCc3cnccn3)OCC(=O)N2C2CC2)cc1. The van der Waals surface area contributed by atoms with Crippen LogP contribution in [0, 0.1) is 0 Å². The molecule has 1 aliphatic carbocycles. The van der Waals surface area contributed by atoms with Crippen molar-refractivity contribution in [2.24, 2.45) is 0 Å². The van der Waals surface area contributed by atoms with Gasteiger partial charge in [-0.15, -0.1) is 0 Å². The smallest absolute Gasteiger partial charge is 0.251 e. The highest BCUT2D eigenvalue weighted by Gasteiger charge is 2.47. The molecule has 4 rings (SSSR count). The highest BCUT2D eigenvalue weighted by molar-refractivity contribution is 5.86. The zero-order chi connectivity index (χ0) is 20.2. The summed E-state index contributed by atoms with van der Waals surface area (Å²) in [7, 11) is 1.60. The van der Waals surface area contributed by atoms with Crippen molar-refractivity contribution in [2.45, 2.75) is 37.5 Å². The van der Waals surface area contributed by atoms with Gasteiger partial charge in [-0.1, -0.05) is 12.1 Å². The zero-order valence-electron chi connectivity index (χ0n) is 16.3. The number of carbonyl (C=O) groups excluding carboxylic acids is 2. The molecule has 1 aliphatic heterocycles. The quantitative estimate of drug-likeness (QED) is 0.758. The van der Waals surface area contributed by atoms with Crippen molar-refractivity contribution in [1.29, 1.82) is 0 Å². The minimum atomic E-state index is -0.761. The number of hydrogen-bond donors (Lipinski definition) is 1. The molecule has 2 aliphatic rings. The molecule has 2 amide bonds. The average Bonchev–Trinajstić information content (AvgIpc) is 3.59.